The van der Waals surface area contributed by atoms with Crippen molar-refractivity contribution < 1.29 is 23.5 Å². The molecular weight excluding hydrogens is 483 g/mol. The maximum absolute atomic E-state index is 15.1. The minimum absolute atomic E-state index is 0.0872. The van der Waals surface area contributed by atoms with Crippen molar-refractivity contribution in [2.75, 3.05) is 49.6 Å². The zero-order valence-electron chi connectivity index (χ0n) is 20.3. The molecule has 3 amide bonds. The maximum Gasteiger partial charge on any atom is 0.416 e. The van der Waals surface area contributed by atoms with Gasteiger partial charge in [-0.25, -0.2) is 9.18 Å². The predicted octanol–water partition coefficient (Wildman–Crippen LogP) is 3.78. The third-order valence-corrected chi connectivity index (χ3v) is 7.76. The number of aryl methyl sites for hydroxylation is 1. The van der Waals surface area contributed by atoms with Gasteiger partial charge in [0, 0.05) is 33.2 Å². The van der Waals surface area contributed by atoms with Crippen LogP contribution >= 0.6 is 12.6 Å². The first-order valence-electron chi connectivity index (χ1n) is 12.0. The van der Waals surface area contributed by atoms with Crippen molar-refractivity contribution in [1.82, 2.24) is 9.80 Å². The van der Waals surface area contributed by atoms with Crippen LogP contribution in [0.2, 0.25) is 0 Å². The van der Waals surface area contributed by atoms with Crippen LogP contribution in [-0.2, 0) is 14.9 Å². The average molecular weight is 513 g/mol. The van der Waals surface area contributed by atoms with Gasteiger partial charge in [0.15, 0.2) is 6.23 Å². The van der Waals surface area contributed by atoms with Crippen LogP contribution in [0.15, 0.2) is 42.5 Å². The number of carbonyl (C=O) groups excluding carboxylic acids is 3. The Labute approximate surface area is 215 Å². The normalized spacial score (nSPS) is 20.8. The molecule has 2 aliphatic heterocycles. The summed E-state index contributed by atoms with van der Waals surface area (Å²) in [5, 5.41) is -0.528. The van der Waals surface area contributed by atoms with Crippen LogP contribution in [-0.4, -0.2) is 73.0 Å². The first-order chi connectivity index (χ1) is 17.2. The summed E-state index contributed by atoms with van der Waals surface area (Å²) in [5.74, 6) is -0.297. The fourth-order valence-electron chi connectivity index (χ4n) is 4.98. The zero-order chi connectivity index (χ0) is 25.6. The number of likely N-dealkylation sites (N-methyl/N-ethyl adjacent to an activating group) is 1. The zero-order valence-corrected chi connectivity index (χ0v) is 21.2. The number of amides is 3. The molecule has 2 aromatic carbocycles. The third kappa shape index (κ3) is 4.38. The lowest BCUT2D eigenvalue weighted by atomic mass is 9.93. The van der Waals surface area contributed by atoms with Crippen LogP contribution in [0.5, 0.6) is 0 Å². The molecular formula is C26H29FN4O4S. The van der Waals surface area contributed by atoms with E-state index >= 15 is 4.39 Å². The van der Waals surface area contributed by atoms with E-state index in [0.717, 1.165) is 18.4 Å². The van der Waals surface area contributed by atoms with Crippen molar-refractivity contribution in [2.45, 2.75) is 31.4 Å². The minimum Gasteiger partial charge on any atom is -0.423 e. The van der Waals surface area contributed by atoms with Gasteiger partial charge < -0.3 is 14.5 Å². The Hall–Kier alpha value is -3.27. The highest BCUT2D eigenvalue weighted by Gasteiger charge is 2.53. The molecule has 0 N–H and O–H groups in total. The van der Waals surface area contributed by atoms with E-state index in [4.69, 9.17) is 4.74 Å². The minimum atomic E-state index is -0.787. The van der Waals surface area contributed by atoms with Gasteiger partial charge in [-0.1, -0.05) is 42.5 Å². The molecule has 0 spiro atoms. The molecule has 3 fully saturated rings. The fourth-order valence-corrected chi connectivity index (χ4v) is 5.11. The molecule has 0 radical (unpaired) electrons. The van der Waals surface area contributed by atoms with Crippen molar-refractivity contribution in [3.05, 3.63) is 59.4 Å². The largest absolute Gasteiger partial charge is 0.423 e. The van der Waals surface area contributed by atoms with E-state index in [0.29, 0.717) is 37.6 Å². The number of cyclic esters (lactones) is 1. The van der Waals surface area contributed by atoms with Crippen LogP contribution in [0.1, 0.15) is 24.0 Å². The lowest BCUT2D eigenvalue weighted by Gasteiger charge is -2.38. The van der Waals surface area contributed by atoms with Gasteiger partial charge in [-0.2, -0.15) is 0 Å². The van der Waals surface area contributed by atoms with Crippen LogP contribution in [0, 0.1) is 12.7 Å². The number of halogens is 1. The van der Waals surface area contributed by atoms with Crippen molar-refractivity contribution >= 4 is 41.2 Å². The summed E-state index contributed by atoms with van der Waals surface area (Å²) in [6, 6.07) is 12.8. The molecule has 1 atom stereocenters. The van der Waals surface area contributed by atoms with E-state index in [9.17, 15) is 14.4 Å². The Bertz CT molecular complexity index is 1190. The summed E-state index contributed by atoms with van der Waals surface area (Å²) >= 11 is 3.75. The number of piperazine rings is 1. The predicted molar refractivity (Wildman–Crippen MR) is 137 cm³/mol. The Balaban J connectivity index is 1.23. The standard InChI is InChI=1S/C26H29FN4O4S/c1-17-3-5-18(6-4-17)26(9-10-26)23(32)30-13-11-29(12-14-30)21-8-7-19(15-20(21)27)31-16-22(35-24(31)33)28(2)25(34)36/h3-8,15,22H,9-14,16H2,1-2H3,(H,34,36). The van der Waals surface area contributed by atoms with Gasteiger partial charge in [0.05, 0.1) is 23.3 Å². The Morgan fingerprint density at radius 3 is 2.33 bits per heavy atom. The maximum atomic E-state index is 15.1. The molecule has 0 bridgehead atoms. The fraction of sp³-hybridized carbons (Fsp3) is 0.423. The Kier molecular flexibility index (Phi) is 6.32. The van der Waals surface area contributed by atoms with Gasteiger partial charge in [-0.15, -0.1) is 0 Å². The summed E-state index contributed by atoms with van der Waals surface area (Å²) in [5.41, 5.74) is 2.62. The van der Waals surface area contributed by atoms with Gasteiger partial charge in [0.1, 0.15) is 5.82 Å². The highest BCUT2D eigenvalue weighted by atomic mass is 32.1. The lowest BCUT2D eigenvalue weighted by molar-refractivity contribution is -0.134. The third-order valence-electron chi connectivity index (χ3n) is 7.44. The second-order valence-corrected chi connectivity index (χ2v) is 10.1. The van der Waals surface area contributed by atoms with Crippen LogP contribution < -0.4 is 9.80 Å². The molecule has 1 unspecified atom stereocenters. The van der Waals surface area contributed by atoms with Gasteiger partial charge >= 0.3 is 6.09 Å². The Morgan fingerprint density at radius 2 is 1.75 bits per heavy atom. The smallest absolute Gasteiger partial charge is 0.416 e. The summed E-state index contributed by atoms with van der Waals surface area (Å²) in [7, 11) is 1.48. The molecule has 1 saturated carbocycles. The summed E-state index contributed by atoms with van der Waals surface area (Å²) in [6.45, 7) is 4.22. The number of thiol groups is 1. The Morgan fingerprint density at radius 1 is 1.08 bits per heavy atom. The number of rotatable bonds is 5. The number of hydrogen-bond donors (Lipinski definition) is 1. The lowest BCUT2D eigenvalue weighted by Crippen LogP contribution is -2.51. The van der Waals surface area contributed by atoms with Gasteiger partial charge in [0.2, 0.25) is 5.91 Å². The number of nitrogens with zero attached hydrogens (tertiary/aromatic N) is 4. The number of hydrogen-bond acceptors (Lipinski definition) is 5. The highest BCUT2D eigenvalue weighted by Crippen LogP contribution is 2.49. The number of carbonyl (C=O) groups is 3. The molecule has 5 rings (SSSR count). The van der Waals surface area contributed by atoms with Gasteiger partial charge in [-0.3, -0.25) is 19.4 Å². The second kappa shape index (κ2) is 9.31. The van der Waals surface area contributed by atoms with Gasteiger partial charge in [0.25, 0.3) is 5.24 Å². The molecule has 2 saturated heterocycles. The van der Waals surface area contributed by atoms with E-state index in [-0.39, 0.29) is 12.5 Å². The second-order valence-electron chi connectivity index (χ2n) is 9.71. The molecule has 8 nitrogen and oxygen atoms in total. The van der Waals surface area contributed by atoms with Crippen molar-refractivity contribution in [1.29, 1.82) is 0 Å². The SMILES string of the molecule is Cc1ccc(C2(C(=O)N3CCN(c4ccc(N5CC(N(C)C(=O)S)OC5=O)cc4F)CC3)CC2)cc1. The molecule has 3 aliphatic rings. The molecule has 36 heavy (non-hydrogen) atoms. The van der Waals surface area contributed by atoms with Crippen molar-refractivity contribution in [3.63, 3.8) is 0 Å². The van der Waals surface area contributed by atoms with E-state index in [2.05, 4.69) is 24.8 Å². The number of ether oxygens (including phenoxy) is 1. The van der Waals surface area contributed by atoms with Crippen molar-refractivity contribution in [2.24, 2.45) is 0 Å². The highest BCUT2D eigenvalue weighted by molar-refractivity contribution is 7.96. The van der Waals surface area contributed by atoms with Crippen LogP contribution in [0.25, 0.3) is 0 Å². The van der Waals surface area contributed by atoms with E-state index in [1.807, 2.05) is 28.9 Å². The first-order valence-corrected chi connectivity index (χ1v) is 12.5. The summed E-state index contributed by atoms with van der Waals surface area (Å²) < 4.78 is 20.3. The van der Waals surface area contributed by atoms with Crippen LogP contribution in [0.4, 0.5) is 25.4 Å². The molecule has 10 heteroatoms. The summed E-state index contributed by atoms with van der Waals surface area (Å²) in [4.78, 5) is 43.4. The topological polar surface area (TPSA) is 73.4 Å². The first kappa shape index (κ1) is 24.4. The number of anilines is 2. The molecule has 2 aromatic rings. The van der Waals surface area contributed by atoms with Crippen LogP contribution in [0.3, 0.4) is 0 Å². The van der Waals surface area contributed by atoms with Crippen molar-refractivity contribution in [3.8, 4) is 0 Å². The molecule has 1 aliphatic carbocycles. The monoisotopic (exact) mass is 512 g/mol. The van der Waals surface area contributed by atoms with E-state index in [1.54, 1.807) is 12.1 Å². The molecule has 2 heterocycles. The quantitative estimate of drug-likeness (QED) is 0.618. The van der Waals surface area contributed by atoms with E-state index < -0.39 is 28.8 Å². The number of benzene rings is 2. The van der Waals surface area contributed by atoms with E-state index in [1.165, 1.54) is 28.5 Å². The summed E-state index contributed by atoms with van der Waals surface area (Å²) in [6.07, 6.45) is 0.292. The molecule has 190 valence electrons. The van der Waals surface area contributed by atoms with Gasteiger partial charge in [-0.05, 0) is 43.5 Å². The average Bonchev–Trinajstić information content (AvgIpc) is 3.59. The molecule has 0 aromatic heterocycles.